The van der Waals surface area contributed by atoms with Gasteiger partial charge in [0, 0.05) is 13.6 Å². The maximum absolute atomic E-state index is 11.6. The van der Waals surface area contributed by atoms with E-state index in [1.54, 1.807) is 0 Å². The number of rotatable bonds is 6. The fourth-order valence-corrected chi connectivity index (χ4v) is 2.32. The lowest BCUT2D eigenvalue weighted by atomic mass is 10.4. The quantitative estimate of drug-likeness (QED) is 0.724. The van der Waals surface area contributed by atoms with Crippen LogP contribution in [0.1, 0.15) is 6.42 Å². The zero-order chi connectivity index (χ0) is 12.2. The van der Waals surface area contributed by atoms with Crippen LogP contribution >= 0.6 is 11.3 Å². The number of anilines is 1. The Morgan fingerprint density at radius 1 is 1.69 bits per heavy atom. The van der Waals surface area contributed by atoms with Crippen molar-refractivity contribution in [2.75, 3.05) is 18.3 Å². The Bertz CT molecular complexity index is 443. The van der Waals surface area contributed by atoms with Crippen molar-refractivity contribution in [3.8, 4) is 0 Å². The molecule has 90 valence electrons. The summed E-state index contributed by atoms with van der Waals surface area (Å²) in [5.41, 5.74) is 1.38. The molecule has 0 bridgehead atoms. The highest BCUT2D eigenvalue weighted by Crippen LogP contribution is 2.11. The number of hydrogen-bond acceptors (Lipinski definition) is 6. The van der Waals surface area contributed by atoms with Gasteiger partial charge in [0.1, 0.15) is 5.51 Å². The molecule has 0 radical (unpaired) electrons. The summed E-state index contributed by atoms with van der Waals surface area (Å²) in [6.07, 6.45) is -0.256. The molecule has 0 fully saturated rings. The van der Waals surface area contributed by atoms with Crippen molar-refractivity contribution in [1.82, 2.24) is 14.5 Å². The van der Waals surface area contributed by atoms with Crippen molar-refractivity contribution < 1.29 is 18.3 Å². The molecule has 0 amide bonds. The molecule has 0 atom stereocenters. The first-order chi connectivity index (χ1) is 7.42. The number of nitrogens with one attached hydrogen (secondary N) is 1. The smallest absolute Gasteiger partial charge is 0.304 e. The van der Waals surface area contributed by atoms with Gasteiger partial charge in [-0.25, -0.2) is 4.72 Å². The zero-order valence-electron chi connectivity index (χ0n) is 8.32. The van der Waals surface area contributed by atoms with Gasteiger partial charge in [0.15, 0.2) is 0 Å². The van der Waals surface area contributed by atoms with E-state index in [1.807, 2.05) is 0 Å². The van der Waals surface area contributed by atoms with Crippen LogP contribution < -0.4 is 4.72 Å². The number of carboxylic acids is 1. The minimum Gasteiger partial charge on any atom is -0.481 e. The highest BCUT2D eigenvalue weighted by molar-refractivity contribution is 7.90. The summed E-state index contributed by atoms with van der Waals surface area (Å²) in [6.45, 7) is -0.108. The van der Waals surface area contributed by atoms with Crippen LogP contribution in [-0.4, -0.2) is 47.6 Å². The number of carbonyl (C=O) groups is 1. The van der Waals surface area contributed by atoms with Gasteiger partial charge in [-0.2, -0.15) is 12.7 Å². The van der Waals surface area contributed by atoms with Crippen LogP contribution in [0.25, 0.3) is 0 Å². The Morgan fingerprint density at radius 2 is 2.38 bits per heavy atom. The molecular weight excluding hydrogens is 256 g/mol. The number of carboxylic acid groups (broad SMARTS) is 1. The standard InChI is InChI=1S/C6H10N4O4S2/c1-10(3-2-5(11)12)16(13,14)9-6-8-7-4-15-6/h4H,2-3H2,1H3,(H,8,9)(H,11,12). The fraction of sp³-hybridized carbons (Fsp3) is 0.500. The van der Waals surface area contributed by atoms with Gasteiger partial charge in [0.2, 0.25) is 5.13 Å². The Balaban J connectivity index is 2.59. The molecule has 0 aliphatic heterocycles. The zero-order valence-corrected chi connectivity index (χ0v) is 9.95. The summed E-state index contributed by atoms with van der Waals surface area (Å²) >= 11 is 1.04. The van der Waals surface area contributed by atoms with Crippen LogP contribution in [0, 0.1) is 0 Å². The molecule has 0 aliphatic carbocycles. The number of aliphatic carboxylic acids is 1. The normalized spacial score (nSPS) is 11.6. The Morgan fingerprint density at radius 3 is 2.88 bits per heavy atom. The molecule has 0 aromatic carbocycles. The Hall–Kier alpha value is -1.26. The van der Waals surface area contributed by atoms with Crippen molar-refractivity contribution >= 4 is 32.6 Å². The minimum absolute atomic E-state index is 0.108. The van der Waals surface area contributed by atoms with Gasteiger partial charge >= 0.3 is 16.2 Å². The van der Waals surface area contributed by atoms with Gasteiger partial charge in [-0.05, 0) is 0 Å². The lowest BCUT2D eigenvalue weighted by Crippen LogP contribution is -2.34. The van der Waals surface area contributed by atoms with Gasteiger partial charge in [-0.3, -0.25) is 4.79 Å². The van der Waals surface area contributed by atoms with Crippen LogP contribution in [0.15, 0.2) is 5.51 Å². The third kappa shape index (κ3) is 3.72. The molecule has 16 heavy (non-hydrogen) atoms. The maximum atomic E-state index is 11.6. The van der Waals surface area contributed by atoms with E-state index in [9.17, 15) is 13.2 Å². The molecule has 0 unspecified atom stereocenters. The molecule has 1 rings (SSSR count). The predicted molar refractivity (Wildman–Crippen MR) is 57.3 cm³/mol. The second-order valence-corrected chi connectivity index (χ2v) is 5.43. The summed E-state index contributed by atoms with van der Waals surface area (Å²) in [6, 6.07) is 0. The van der Waals surface area contributed by atoms with Crippen molar-refractivity contribution in [2.24, 2.45) is 0 Å². The molecular formula is C6H10N4O4S2. The Labute approximate surface area is 96.1 Å². The molecule has 1 heterocycles. The summed E-state index contributed by atoms with van der Waals surface area (Å²) in [5.74, 6) is -1.06. The van der Waals surface area contributed by atoms with E-state index in [1.165, 1.54) is 12.6 Å². The monoisotopic (exact) mass is 266 g/mol. The molecule has 0 saturated carbocycles. The number of hydrogen-bond donors (Lipinski definition) is 2. The number of aromatic nitrogens is 2. The van der Waals surface area contributed by atoms with Crippen LogP contribution in [-0.2, 0) is 15.0 Å². The van der Waals surface area contributed by atoms with E-state index in [2.05, 4.69) is 14.9 Å². The second kappa shape index (κ2) is 5.18. The molecule has 0 aliphatic rings. The molecule has 0 saturated heterocycles. The lowest BCUT2D eigenvalue weighted by molar-refractivity contribution is -0.137. The maximum Gasteiger partial charge on any atom is 0.304 e. The molecule has 10 heteroatoms. The Kier molecular flexibility index (Phi) is 4.15. The molecule has 0 spiro atoms. The molecule has 1 aromatic heterocycles. The third-order valence-electron chi connectivity index (χ3n) is 1.63. The van der Waals surface area contributed by atoms with Crippen molar-refractivity contribution in [3.05, 3.63) is 5.51 Å². The van der Waals surface area contributed by atoms with Crippen molar-refractivity contribution in [1.29, 1.82) is 0 Å². The van der Waals surface area contributed by atoms with Crippen molar-refractivity contribution in [3.63, 3.8) is 0 Å². The van der Waals surface area contributed by atoms with Gasteiger partial charge < -0.3 is 5.11 Å². The highest BCUT2D eigenvalue weighted by atomic mass is 32.2. The van der Waals surface area contributed by atoms with Gasteiger partial charge in [-0.15, -0.1) is 10.2 Å². The first kappa shape index (κ1) is 12.8. The second-order valence-electron chi connectivity index (χ2n) is 2.82. The van der Waals surface area contributed by atoms with E-state index in [4.69, 9.17) is 5.11 Å². The summed E-state index contributed by atoms with van der Waals surface area (Å²) in [7, 11) is -2.47. The van der Waals surface area contributed by atoms with Crippen LogP contribution in [0.5, 0.6) is 0 Å². The molecule has 2 N–H and O–H groups in total. The van der Waals surface area contributed by atoms with Gasteiger partial charge in [0.25, 0.3) is 0 Å². The van der Waals surface area contributed by atoms with Crippen molar-refractivity contribution in [2.45, 2.75) is 6.42 Å². The molecule has 8 nitrogen and oxygen atoms in total. The minimum atomic E-state index is -3.75. The van der Waals surface area contributed by atoms with E-state index >= 15 is 0 Å². The summed E-state index contributed by atoms with van der Waals surface area (Å²) in [5, 5.41) is 15.5. The summed E-state index contributed by atoms with van der Waals surface area (Å²) in [4.78, 5) is 10.3. The van der Waals surface area contributed by atoms with E-state index in [-0.39, 0.29) is 18.1 Å². The average Bonchev–Trinajstić information content (AvgIpc) is 2.65. The fourth-order valence-electron chi connectivity index (χ4n) is 0.779. The average molecular weight is 266 g/mol. The topological polar surface area (TPSA) is 112 Å². The van der Waals surface area contributed by atoms with Gasteiger partial charge in [0.05, 0.1) is 6.42 Å². The SMILES string of the molecule is CN(CCC(=O)O)S(=O)(=O)Nc1nncs1. The van der Waals surface area contributed by atoms with Crippen LogP contribution in [0.3, 0.4) is 0 Å². The summed E-state index contributed by atoms with van der Waals surface area (Å²) < 4.78 is 26.2. The van der Waals surface area contributed by atoms with Gasteiger partial charge in [-0.1, -0.05) is 11.3 Å². The number of nitrogens with zero attached hydrogens (tertiary/aromatic N) is 3. The first-order valence-corrected chi connectivity index (χ1v) is 6.46. The largest absolute Gasteiger partial charge is 0.481 e. The lowest BCUT2D eigenvalue weighted by Gasteiger charge is -2.15. The van der Waals surface area contributed by atoms with E-state index < -0.39 is 16.2 Å². The first-order valence-electron chi connectivity index (χ1n) is 4.14. The van der Waals surface area contributed by atoms with Crippen LogP contribution in [0.2, 0.25) is 0 Å². The van der Waals surface area contributed by atoms with Crippen LogP contribution in [0.4, 0.5) is 5.13 Å². The third-order valence-corrected chi connectivity index (χ3v) is 3.82. The van der Waals surface area contributed by atoms with E-state index in [0.29, 0.717) is 0 Å². The molecule has 1 aromatic rings. The van der Waals surface area contributed by atoms with E-state index in [0.717, 1.165) is 15.6 Å². The predicted octanol–water partition coefficient (Wildman–Crippen LogP) is -0.399. The highest BCUT2D eigenvalue weighted by Gasteiger charge is 2.19.